The van der Waals surface area contributed by atoms with Gasteiger partial charge in [-0.1, -0.05) is 23.2 Å². The summed E-state index contributed by atoms with van der Waals surface area (Å²) in [5, 5.41) is 8.44. The molecule has 2 aromatic heterocycles. The maximum atomic E-state index is 12.6. The number of methoxy groups -OCH3 is 1. The van der Waals surface area contributed by atoms with Gasteiger partial charge in [-0.15, -0.1) is 0 Å². The van der Waals surface area contributed by atoms with E-state index < -0.39 is 0 Å². The molecule has 0 spiro atoms. The van der Waals surface area contributed by atoms with Crippen LogP contribution in [0.25, 0.3) is 0 Å². The molecule has 0 bridgehead atoms. The van der Waals surface area contributed by atoms with E-state index in [4.69, 9.17) is 27.9 Å². The Bertz CT molecular complexity index is 782. The first kappa shape index (κ1) is 18.9. The molecule has 1 aliphatic heterocycles. The van der Waals surface area contributed by atoms with E-state index in [1.165, 1.54) is 0 Å². The van der Waals surface area contributed by atoms with Crippen LogP contribution in [0.2, 0.25) is 10.0 Å². The van der Waals surface area contributed by atoms with Gasteiger partial charge in [0.1, 0.15) is 5.82 Å². The summed E-state index contributed by atoms with van der Waals surface area (Å²) < 4.78 is 6.91. The van der Waals surface area contributed by atoms with Gasteiger partial charge in [-0.3, -0.25) is 9.48 Å². The van der Waals surface area contributed by atoms with Gasteiger partial charge in [0, 0.05) is 57.5 Å². The number of halogens is 2. The van der Waals surface area contributed by atoms with E-state index in [1.54, 1.807) is 24.1 Å². The summed E-state index contributed by atoms with van der Waals surface area (Å²) in [4.78, 5) is 18.6. The second kappa shape index (κ2) is 8.24. The maximum absolute atomic E-state index is 12.6. The molecule has 2 aromatic rings. The summed E-state index contributed by atoms with van der Waals surface area (Å²) in [6.07, 6.45) is 5.74. The van der Waals surface area contributed by atoms with Crippen LogP contribution in [0.15, 0.2) is 24.7 Å². The third-order valence-electron chi connectivity index (χ3n) is 4.48. The van der Waals surface area contributed by atoms with Crippen molar-refractivity contribution in [3.05, 3.63) is 40.3 Å². The van der Waals surface area contributed by atoms with Crippen molar-refractivity contribution in [3.63, 3.8) is 0 Å². The molecule has 9 heteroatoms. The molecule has 3 rings (SSSR count). The number of carbonyl (C=O) groups is 1. The third kappa shape index (κ3) is 4.11. The van der Waals surface area contributed by atoms with Crippen LogP contribution >= 0.6 is 23.2 Å². The zero-order valence-corrected chi connectivity index (χ0v) is 16.2. The molecular weight excluding hydrogens is 377 g/mol. The van der Waals surface area contributed by atoms with E-state index in [0.717, 1.165) is 5.56 Å². The Morgan fingerprint density at radius 2 is 2.19 bits per heavy atom. The number of aromatic nitrogens is 3. The fourth-order valence-corrected chi connectivity index (χ4v) is 3.76. The van der Waals surface area contributed by atoms with E-state index >= 15 is 0 Å². The molecule has 2 atom stereocenters. The van der Waals surface area contributed by atoms with Crippen LogP contribution in [0, 0.1) is 5.92 Å². The van der Waals surface area contributed by atoms with Crippen molar-refractivity contribution in [2.24, 2.45) is 13.0 Å². The van der Waals surface area contributed by atoms with Crippen molar-refractivity contribution in [2.75, 3.05) is 32.1 Å². The standard InChI is InChI=1S/C17H21Cl2N5O2/c1-23-10-12(8-22-23)16-11(5-15(25)24(16)3-4-26-2)7-20-17-14(19)6-13(18)9-21-17/h6,8-11,16H,3-5,7H2,1-2H3,(H,20,21)/t11-,16+/m1/s1. The molecule has 26 heavy (non-hydrogen) atoms. The number of aryl methyl sites for hydroxylation is 1. The van der Waals surface area contributed by atoms with Crippen LogP contribution in [0.1, 0.15) is 18.0 Å². The number of nitrogens with zero attached hydrogens (tertiary/aromatic N) is 4. The van der Waals surface area contributed by atoms with Crippen molar-refractivity contribution in [1.82, 2.24) is 19.7 Å². The highest BCUT2D eigenvalue weighted by molar-refractivity contribution is 6.35. The van der Waals surface area contributed by atoms with E-state index in [0.29, 0.717) is 42.0 Å². The fraction of sp³-hybridized carbons (Fsp3) is 0.471. The van der Waals surface area contributed by atoms with Gasteiger partial charge in [-0.2, -0.15) is 5.10 Å². The second-order valence-corrected chi connectivity index (χ2v) is 7.14. The number of hydrogen-bond donors (Lipinski definition) is 1. The summed E-state index contributed by atoms with van der Waals surface area (Å²) in [7, 11) is 3.50. The number of hydrogen-bond acceptors (Lipinski definition) is 5. The minimum atomic E-state index is -0.0649. The summed E-state index contributed by atoms with van der Waals surface area (Å²) >= 11 is 12.1. The molecule has 0 aliphatic carbocycles. The van der Waals surface area contributed by atoms with Gasteiger partial charge in [0.2, 0.25) is 5.91 Å². The van der Waals surface area contributed by atoms with Gasteiger partial charge in [0.25, 0.3) is 0 Å². The van der Waals surface area contributed by atoms with E-state index in [-0.39, 0.29) is 17.9 Å². The first-order valence-corrected chi connectivity index (χ1v) is 9.07. The Labute approximate surface area is 162 Å². The molecule has 0 aromatic carbocycles. The normalized spacial score (nSPS) is 20.0. The van der Waals surface area contributed by atoms with Crippen molar-refractivity contribution in [3.8, 4) is 0 Å². The second-order valence-electron chi connectivity index (χ2n) is 6.30. The van der Waals surface area contributed by atoms with Crippen LogP contribution < -0.4 is 5.32 Å². The van der Waals surface area contributed by atoms with Crippen molar-refractivity contribution < 1.29 is 9.53 Å². The van der Waals surface area contributed by atoms with Gasteiger partial charge >= 0.3 is 0 Å². The monoisotopic (exact) mass is 397 g/mol. The number of pyridine rings is 1. The predicted octanol–water partition coefficient (Wildman–Crippen LogP) is 2.77. The van der Waals surface area contributed by atoms with Gasteiger partial charge in [0.15, 0.2) is 0 Å². The quantitative estimate of drug-likeness (QED) is 0.777. The average Bonchev–Trinajstić information content (AvgIpc) is 3.15. The van der Waals surface area contributed by atoms with Crippen LogP contribution in [0.4, 0.5) is 5.82 Å². The van der Waals surface area contributed by atoms with E-state index in [9.17, 15) is 4.79 Å². The SMILES string of the molecule is COCCN1C(=O)C[C@H](CNc2ncc(Cl)cc2Cl)[C@H]1c1cnn(C)c1. The number of rotatable bonds is 7. The predicted molar refractivity (Wildman–Crippen MR) is 100 cm³/mol. The van der Waals surface area contributed by atoms with Gasteiger partial charge in [-0.05, 0) is 6.07 Å². The lowest BCUT2D eigenvalue weighted by Crippen LogP contribution is -2.33. The summed E-state index contributed by atoms with van der Waals surface area (Å²) in [6.45, 7) is 1.60. The molecule has 0 radical (unpaired) electrons. The number of ether oxygens (including phenoxy) is 1. The van der Waals surface area contributed by atoms with Crippen molar-refractivity contribution in [2.45, 2.75) is 12.5 Å². The Balaban J connectivity index is 1.78. The van der Waals surface area contributed by atoms with E-state index in [2.05, 4.69) is 15.4 Å². The lowest BCUT2D eigenvalue weighted by molar-refractivity contribution is -0.129. The largest absolute Gasteiger partial charge is 0.383 e. The maximum Gasteiger partial charge on any atom is 0.223 e. The van der Waals surface area contributed by atoms with Crippen LogP contribution in [0.5, 0.6) is 0 Å². The molecule has 1 fully saturated rings. The molecule has 140 valence electrons. The molecule has 3 heterocycles. The summed E-state index contributed by atoms with van der Waals surface area (Å²) in [5.74, 6) is 0.735. The Morgan fingerprint density at radius 3 is 2.85 bits per heavy atom. The topological polar surface area (TPSA) is 72.3 Å². The number of anilines is 1. The zero-order valence-electron chi connectivity index (χ0n) is 14.7. The minimum absolute atomic E-state index is 0.0649. The van der Waals surface area contributed by atoms with Gasteiger partial charge in [0.05, 0.1) is 28.9 Å². The average molecular weight is 398 g/mol. The summed E-state index contributed by atoms with van der Waals surface area (Å²) in [5.41, 5.74) is 1.01. The Hall–Kier alpha value is -1.83. The molecule has 0 saturated carbocycles. The zero-order chi connectivity index (χ0) is 18.7. The van der Waals surface area contributed by atoms with Gasteiger partial charge < -0.3 is 15.0 Å². The van der Waals surface area contributed by atoms with Crippen LogP contribution in [-0.2, 0) is 16.6 Å². The first-order valence-electron chi connectivity index (χ1n) is 8.31. The third-order valence-corrected chi connectivity index (χ3v) is 4.98. The Morgan fingerprint density at radius 1 is 1.38 bits per heavy atom. The van der Waals surface area contributed by atoms with Crippen molar-refractivity contribution >= 4 is 34.9 Å². The lowest BCUT2D eigenvalue weighted by Gasteiger charge is -2.27. The van der Waals surface area contributed by atoms with E-state index in [1.807, 2.05) is 24.3 Å². The molecule has 1 saturated heterocycles. The molecule has 1 aliphatic rings. The highest BCUT2D eigenvalue weighted by Crippen LogP contribution is 2.38. The highest BCUT2D eigenvalue weighted by Gasteiger charge is 2.40. The smallest absolute Gasteiger partial charge is 0.223 e. The number of carbonyl (C=O) groups excluding carboxylic acids is 1. The molecular formula is C17H21Cl2N5O2. The van der Waals surface area contributed by atoms with Crippen LogP contribution in [-0.4, -0.2) is 52.4 Å². The first-order chi connectivity index (χ1) is 12.5. The Kier molecular flexibility index (Phi) is 6.01. The molecule has 7 nitrogen and oxygen atoms in total. The number of nitrogens with one attached hydrogen (secondary N) is 1. The fourth-order valence-electron chi connectivity index (χ4n) is 3.32. The minimum Gasteiger partial charge on any atom is -0.383 e. The molecule has 1 amide bonds. The number of likely N-dealkylation sites (tertiary alicyclic amines) is 1. The number of amides is 1. The molecule has 0 unspecified atom stereocenters. The van der Waals surface area contributed by atoms with Crippen molar-refractivity contribution in [1.29, 1.82) is 0 Å². The summed E-state index contributed by atoms with van der Waals surface area (Å²) in [6, 6.07) is 1.58. The highest BCUT2D eigenvalue weighted by atomic mass is 35.5. The lowest BCUT2D eigenvalue weighted by atomic mass is 9.95. The van der Waals surface area contributed by atoms with Gasteiger partial charge in [-0.25, -0.2) is 4.98 Å². The molecule has 1 N–H and O–H groups in total. The van der Waals surface area contributed by atoms with Crippen LogP contribution in [0.3, 0.4) is 0 Å².